The van der Waals surface area contributed by atoms with Crippen molar-refractivity contribution in [1.82, 2.24) is 4.90 Å². The summed E-state index contributed by atoms with van der Waals surface area (Å²) in [4.78, 5) is 14.3. The van der Waals surface area contributed by atoms with Crippen LogP contribution in [0.4, 0.5) is 4.79 Å². The summed E-state index contributed by atoms with van der Waals surface area (Å²) in [6, 6.07) is 17.9. The van der Waals surface area contributed by atoms with Gasteiger partial charge < -0.3 is 14.2 Å². The molecule has 1 saturated heterocycles. The maximum Gasteiger partial charge on any atom is 0.413 e. The number of hydrogen-bond donors (Lipinski definition) is 0. The first-order valence-corrected chi connectivity index (χ1v) is 9.60. The Bertz CT molecular complexity index is 794. The molecule has 3 rings (SSSR count). The van der Waals surface area contributed by atoms with E-state index in [4.69, 9.17) is 14.2 Å². The van der Waals surface area contributed by atoms with Crippen LogP contribution in [0, 0.1) is 0 Å². The number of nitrogens with zero attached hydrogens (tertiary/aromatic N) is 1. The molecule has 1 aliphatic heterocycles. The third-order valence-electron chi connectivity index (χ3n) is 4.57. The Morgan fingerprint density at radius 1 is 1.07 bits per heavy atom. The minimum atomic E-state index is -0.729. The Balaban J connectivity index is 1.65. The first kappa shape index (κ1) is 20.2. The third kappa shape index (κ3) is 4.84. The molecule has 2 aromatic rings. The molecular weight excluding hydrogens is 354 g/mol. The normalized spacial score (nSPS) is 18.8. The molecule has 1 atom stereocenters. The van der Waals surface area contributed by atoms with Crippen molar-refractivity contribution >= 4 is 6.09 Å². The number of rotatable bonds is 4. The van der Waals surface area contributed by atoms with Crippen LogP contribution in [-0.4, -0.2) is 41.6 Å². The van der Waals surface area contributed by atoms with Gasteiger partial charge in [-0.15, -0.1) is 0 Å². The molecule has 150 valence electrons. The number of ether oxygens (including phenoxy) is 3. The van der Waals surface area contributed by atoms with Crippen LogP contribution in [0.25, 0.3) is 11.1 Å². The molecule has 0 N–H and O–H groups in total. The number of amides is 1. The summed E-state index contributed by atoms with van der Waals surface area (Å²) < 4.78 is 17.3. The monoisotopic (exact) mass is 383 g/mol. The van der Waals surface area contributed by atoms with Crippen molar-refractivity contribution in [2.75, 3.05) is 13.2 Å². The summed E-state index contributed by atoms with van der Waals surface area (Å²) in [7, 11) is 0. The van der Waals surface area contributed by atoms with E-state index in [0.29, 0.717) is 13.2 Å². The molecule has 1 aliphatic rings. The Hall–Kier alpha value is -2.53. The zero-order valence-corrected chi connectivity index (χ0v) is 17.3. The van der Waals surface area contributed by atoms with E-state index in [9.17, 15) is 4.79 Å². The average Bonchev–Trinajstić information content (AvgIpc) is 2.94. The van der Waals surface area contributed by atoms with Crippen molar-refractivity contribution in [1.29, 1.82) is 0 Å². The van der Waals surface area contributed by atoms with Gasteiger partial charge in [-0.2, -0.15) is 0 Å². The van der Waals surface area contributed by atoms with Gasteiger partial charge in [0.15, 0.2) is 0 Å². The standard InChI is InChI=1S/C23H29NO4/c1-22(2,3)28-21(25)24-19(16-27-23(24,4)5)15-26-20-13-11-18(12-14-20)17-9-7-6-8-10-17/h6-14,19H,15-16H2,1-5H3/t19-/m0/s1. The van der Waals surface area contributed by atoms with Crippen LogP contribution < -0.4 is 4.74 Å². The van der Waals surface area contributed by atoms with Gasteiger partial charge in [-0.1, -0.05) is 42.5 Å². The lowest BCUT2D eigenvalue weighted by molar-refractivity contribution is -0.0637. The maximum atomic E-state index is 12.7. The summed E-state index contributed by atoms with van der Waals surface area (Å²) in [5.41, 5.74) is 1.01. The molecule has 0 spiro atoms. The van der Waals surface area contributed by atoms with E-state index in [1.54, 1.807) is 4.90 Å². The average molecular weight is 383 g/mol. The van der Waals surface area contributed by atoms with E-state index in [1.807, 2.05) is 77.1 Å². The molecule has 1 amide bonds. The topological polar surface area (TPSA) is 48.0 Å². The highest BCUT2D eigenvalue weighted by molar-refractivity contribution is 5.69. The molecule has 0 radical (unpaired) electrons. The number of carbonyl (C=O) groups is 1. The molecular formula is C23H29NO4. The number of hydrogen-bond acceptors (Lipinski definition) is 4. The fourth-order valence-corrected chi connectivity index (χ4v) is 3.25. The van der Waals surface area contributed by atoms with E-state index in [1.165, 1.54) is 0 Å². The Morgan fingerprint density at radius 3 is 2.29 bits per heavy atom. The van der Waals surface area contributed by atoms with Crippen LogP contribution in [0.15, 0.2) is 54.6 Å². The highest BCUT2D eigenvalue weighted by Gasteiger charge is 2.46. The van der Waals surface area contributed by atoms with Crippen LogP contribution in [0.5, 0.6) is 5.75 Å². The summed E-state index contributed by atoms with van der Waals surface area (Å²) in [5.74, 6) is 0.758. The lowest BCUT2D eigenvalue weighted by atomic mass is 10.1. The van der Waals surface area contributed by atoms with Gasteiger partial charge in [0.25, 0.3) is 0 Å². The van der Waals surface area contributed by atoms with Crippen molar-refractivity contribution in [2.45, 2.75) is 52.0 Å². The largest absolute Gasteiger partial charge is 0.491 e. The molecule has 2 aromatic carbocycles. The van der Waals surface area contributed by atoms with Gasteiger partial charge in [-0.25, -0.2) is 4.79 Å². The summed E-state index contributed by atoms with van der Waals surface area (Å²) >= 11 is 0. The Labute approximate surface area is 167 Å². The fourth-order valence-electron chi connectivity index (χ4n) is 3.25. The molecule has 0 bridgehead atoms. The molecule has 5 heteroatoms. The highest BCUT2D eigenvalue weighted by atomic mass is 16.6. The molecule has 1 fully saturated rings. The van der Waals surface area contributed by atoms with Crippen molar-refractivity contribution < 1.29 is 19.0 Å². The van der Waals surface area contributed by atoms with Gasteiger partial charge in [-0.05, 0) is 57.9 Å². The van der Waals surface area contributed by atoms with Crippen LogP contribution in [0.1, 0.15) is 34.6 Å². The smallest absolute Gasteiger partial charge is 0.413 e. The third-order valence-corrected chi connectivity index (χ3v) is 4.57. The number of benzene rings is 2. The second kappa shape index (κ2) is 7.84. The van der Waals surface area contributed by atoms with Gasteiger partial charge in [0.05, 0.1) is 12.6 Å². The molecule has 0 saturated carbocycles. The summed E-state index contributed by atoms with van der Waals surface area (Å²) in [6.45, 7) is 10.1. The van der Waals surface area contributed by atoms with Crippen LogP contribution in [-0.2, 0) is 9.47 Å². The van der Waals surface area contributed by atoms with E-state index >= 15 is 0 Å². The van der Waals surface area contributed by atoms with Gasteiger partial charge in [0.2, 0.25) is 0 Å². The second-order valence-electron chi connectivity index (χ2n) is 8.46. The predicted molar refractivity (Wildman–Crippen MR) is 109 cm³/mol. The minimum Gasteiger partial charge on any atom is -0.491 e. The van der Waals surface area contributed by atoms with E-state index in [0.717, 1.165) is 16.9 Å². The first-order valence-electron chi connectivity index (χ1n) is 9.60. The van der Waals surface area contributed by atoms with Crippen molar-refractivity contribution in [3.63, 3.8) is 0 Å². The van der Waals surface area contributed by atoms with Crippen LogP contribution in [0.2, 0.25) is 0 Å². The Kier molecular flexibility index (Phi) is 5.66. The fraction of sp³-hybridized carbons (Fsp3) is 0.435. The van der Waals surface area contributed by atoms with Crippen molar-refractivity contribution in [3.8, 4) is 16.9 Å². The minimum absolute atomic E-state index is 0.210. The second-order valence-corrected chi connectivity index (χ2v) is 8.46. The molecule has 28 heavy (non-hydrogen) atoms. The zero-order valence-electron chi connectivity index (χ0n) is 17.3. The maximum absolute atomic E-state index is 12.7. The van der Waals surface area contributed by atoms with Gasteiger partial charge >= 0.3 is 6.09 Å². The summed E-state index contributed by atoms with van der Waals surface area (Å²) in [5, 5.41) is 0. The lowest BCUT2D eigenvalue weighted by Crippen LogP contribution is -2.51. The molecule has 0 aliphatic carbocycles. The number of carbonyl (C=O) groups excluding carboxylic acids is 1. The van der Waals surface area contributed by atoms with Crippen LogP contribution >= 0.6 is 0 Å². The lowest BCUT2D eigenvalue weighted by Gasteiger charge is -2.35. The quantitative estimate of drug-likeness (QED) is 0.737. The molecule has 5 nitrogen and oxygen atoms in total. The highest BCUT2D eigenvalue weighted by Crippen LogP contribution is 2.30. The van der Waals surface area contributed by atoms with Gasteiger partial charge in [0.1, 0.15) is 23.7 Å². The zero-order chi connectivity index (χ0) is 20.4. The van der Waals surface area contributed by atoms with Crippen LogP contribution in [0.3, 0.4) is 0 Å². The van der Waals surface area contributed by atoms with E-state index in [2.05, 4.69) is 12.1 Å². The molecule has 0 aromatic heterocycles. The molecule has 0 unspecified atom stereocenters. The van der Waals surface area contributed by atoms with E-state index in [-0.39, 0.29) is 12.1 Å². The summed E-state index contributed by atoms with van der Waals surface area (Å²) in [6.07, 6.45) is -0.386. The first-order chi connectivity index (χ1) is 13.2. The predicted octanol–water partition coefficient (Wildman–Crippen LogP) is 5.10. The SMILES string of the molecule is CC(C)(C)OC(=O)N1[C@@H](COc2ccc(-c3ccccc3)cc2)COC1(C)C. The van der Waals surface area contributed by atoms with Gasteiger partial charge in [0, 0.05) is 0 Å². The van der Waals surface area contributed by atoms with E-state index < -0.39 is 11.3 Å². The van der Waals surface area contributed by atoms with Crippen molar-refractivity contribution in [2.24, 2.45) is 0 Å². The molecule has 1 heterocycles. The van der Waals surface area contributed by atoms with Gasteiger partial charge in [-0.3, -0.25) is 4.90 Å². The van der Waals surface area contributed by atoms with Crippen molar-refractivity contribution in [3.05, 3.63) is 54.6 Å². The Morgan fingerprint density at radius 2 is 1.68 bits per heavy atom.